The summed E-state index contributed by atoms with van der Waals surface area (Å²) in [5.74, 6) is 0. The van der Waals surface area contributed by atoms with Gasteiger partial charge in [0.2, 0.25) is 0 Å². The molecule has 0 spiro atoms. The summed E-state index contributed by atoms with van der Waals surface area (Å²) in [6.45, 7) is 2.62. The van der Waals surface area contributed by atoms with Gasteiger partial charge >= 0.3 is 61.8 Å². The van der Waals surface area contributed by atoms with E-state index in [-0.39, 0.29) is 51.4 Å². The van der Waals surface area contributed by atoms with Crippen LogP contribution in [0.4, 0.5) is 0 Å². The summed E-state index contributed by atoms with van der Waals surface area (Å²) < 4.78 is 31.6. The molecule has 0 aliphatic heterocycles. The van der Waals surface area contributed by atoms with E-state index < -0.39 is 10.4 Å². The van der Waals surface area contributed by atoms with Crippen molar-refractivity contribution in [3.63, 3.8) is 0 Å². The van der Waals surface area contributed by atoms with Crippen molar-refractivity contribution in [2.24, 2.45) is 0 Å². The van der Waals surface area contributed by atoms with Gasteiger partial charge in [-0.15, -0.1) is 0 Å². The van der Waals surface area contributed by atoms with Gasteiger partial charge in [-0.1, -0.05) is 58.3 Å². The molecule has 0 amide bonds. The molecule has 108 valence electrons. The molecule has 18 heavy (non-hydrogen) atoms. The standard InChI is InChI=1S/C11H24O.K.H2O4S.H/c1-2-3-4-5-6-7-8-9-10-11-12;;1-5(2,3)4;/h12H,2-11H2,1H3;;(H2,1,2,3,4);. The van der Waals surface area contributed by atoms with E-state index in [1.54, 1.807) is 0 Å². The van der Waals surface area contributed by atoms with Crippen LogP contribution in [0.25, 0.3) is 0 Å². The minimum absolute atomic E-state index is 0. The molecule has 0 radical (unpaired) electrons. The van der Waals surface area contributed by atoms with Gasteiger partial charge in [-0.25, -0.2) is 0 Å². The number of aliphatic hydroxyl groups is 1. The number of unbranched alkanes of at least 4 members (excludes halogenated alkanes) is 8. The van der Waals surface area contributed by atoms with Gasteiger partial charge in [0.25, 0.3) is 0 Å². The van der Waals surface area contributed by atoms with E-state index in [0.717, 1.165) is 6.42 Å². The zero-order valence-electron chi connectivity index (χ0n) is 10.6. The second-order valence-corrected chi connectivity index (χ2v) is 4.90. The maximum absolute atomic E-state index is 8.74. The van der Waals surface area contributed by atoms with Crippen LogP contribution in [0.15, 0.2) is 0 Å². The van der Waals surface area contributed by atoms with Gasteiger partial charge in [0, 0.05) is 6.61 Å². The molecule has 0 unspecified atom stereocenters. The Morgan fingerprint density at radius 1 is 0.778 bits per heavy atom. The predicted octanol–water partition coefficient (Wildman–Crippen LogP) is 2.21. The summed E-state index contributed by atoms with van der Waals surface area (Å²) in [6.07, 6.45) is 11.8. The molecular weight excluding hydrogens is 283 g/mol. The van der Waals surface area contributed by atoms with E-state index in [9.17, 15) is 0 Å². The molecule has 3 N–H and O–H groups in total. The topological polar surface area (TPSA) is 94.8 Å². The number of aliphatic hydroxyl groups excluding tert-OH is 1. The van der Waals surface area contributed by atoms with Crippen molar-refractivity contribution >= 4 is 61.8 Å². The molecule has 0 saturated heterocycles. The van der Waals surface area contributed by atoms with Gasteiger partial charge in [0.1, 0.15) is 0 Å². The van der Waals surface area contributed by atoms with E-state index in [0.29, 0.717) is 6.61 Å². The second kappa shape index (κ2) is 18.5. The Labute approximate surface area is 154 Å². The molecule has 0 aliphatic rings. The van der Waals surface area contributed by atoms with Gasteiger partial charge in [0.05, 0.1) is 0 Å². The van der Waals surface area contributed by atoms with Crippen LogP contribution in [-0.2, 0) is 10.4 Å². The number of rotatable bonds is 9. The fraction of sp³-hybridized carbons (Fsp3) is 1.00. The minimum atomic E-state index is -4.67. The normalized spacial score (nSPS) is 10.2. The summed E-state index contributed by atoms with van der Waals surface area (Å²) in [4.78, 5) is 0. The molecule has 0 aromatic heterocycles. The van der Waals surface area contributed by atoms with Crippen molar-refractivity contribution in [1.29, 1.82) is 0 Å². The van der Waals surface area contributed by atoms with Gasteiger partial charge in [-0.2, -0.15) is 8.42 Å². The van der Waals surface area contributed by atoms with Crippen LogP contribution < -0.4 is 0 Å². The van der Waals surface area contributed by atoms with Crippen molar-refractivity contribution in [3.05, 3.63) is 0 Å². The van der Waals surface area contributed by atoms with Crippen molar-refractivity contribution in [2.45, 2.75) is 64.7 Å². The quantitative estimate of drug-likeness (QED) is 0.345. The molecule has 0 rings (SSSR count). The summed E-state index contributed by atoms with van der Waals surface area (Å²) >= 11 is 0. The number of hydrogen-bond donors (Lipinski definition) is 3. The third-order valence-corrected chi connectivity index (χ3v) is 2.26. The summed E-state index contributed by atoms with van der Waals surface area (Å²) in [5.41, 5.74) is 0. The molecule has 0 atom stereocenters. The van der Waals surface area contributed by atoms with E-state index in [4.69, 9.17) is 22.6 Å². The molecule has 0 heterocycles. The molecule has 0 bridgehead atoms. The first-order chi connectivity index (χ1) is 7.91. The fourth-order valence-corrected chi connectivity index (χ4v) is 1.42. The number of hydrogen-bond acceptors (Lipinski definition) is 3. The third kappa shape index (κ3) is 43.2. The Balaban J connectivity index is -0.000000321. The van der Waals surface area contributed by atoms with Crippen molar-refractivity contribution in [3.8, 4) is 0 Å². The fourth-order valence-electron chi connectivity index (χ4n) is 1.42. The first kappa shape index (κ1) is 24.5. The van der Waals surface area contributed by atoms with Crippen LogP contribution >= 0.6 is 0 Å². The summed E-state index contributed by atoms with van der Waals surface area (Å²) in [6, 6.07) is 0. The monoisotopic (exact) mass is 310 g/mol. The third-order valence-electron chi connectivity index (χ3n) is 2.26. The van der Waals surface area contributed by atoms with E-state index in [1.165, 1.54) is 51.4 Å². The van der Waals surface area contributed by atoms with Crippen LogP contribution in [0.1, 0.15) is 64.7 Å². The van der Waals surface area contributed by atoms with Gasteiger partial charge in [-0.05, 0) is 6.42 Å². The Kier molecular flexibility index (Phi) is 25.1. The predicted molar refractivity (Wildman–Crippen MR) is 75.6 cm³/mol. The maximum atomic E-state index is 8.74. The molecule has 0 aliphatic carbocycles. The van der Waals surface area contributed by atoms with Crippen molar-refractivity contribution < 1.29 is 22.6 Å². The Bertz CT molecular complexity index is 214. The molecular formula is C11H27KO5S. The van der Waals surface area contributed by atoms with Crippen LogP contribution in [-0.4, -0.2) is 80.6 Å². The Morgan fingerprint density at radius 2 is 1.06 bits per heavy atom. The molecule has 0 saturated carbocycles. The van der Waals surface area contributed by atoms with E-state index >= 15 is 0 Å². The van der Waals surface area contributed by atoms with Gasteiger partial charge in [0.15, 0.2) is 0 Å². The Morgan fingerprint density at radius 3 is 1.33 bits per heavy atom. The molecule has 0 fully saturated rings. The van der Waals surface area contributed by atoms with E-state index in [2.05, 4.69) is 6.92 Å². The zero-order chi connectivity index (χ0) is 13.6. The molecule has 0 aromatic carbocycles. The van der Waals surface area contributed by atoms with Gasteiger partial charge in [-0.3, -0.25) is 9.11 Å². The summed E-state index contributed by atoms with van der Waals surface area (Å²) in [7, 11) is -4.67. The first-order valence-electron chi connectivity index (χ1n) is 6.22. The van der Waals surface area contributed by atoms with Gasteiger partial charge < -0.3 is 5.11 Å². The average Bonchev–Trinajstić information content (AvgIpc) is 2.20. The van der Waals surface area contributed by atoms with Crippen LogP contribution in [0, 0.1) is 0 Å². The molecule has 7 heteroatoms. The Hall–Kier alpha value is 1.47. The van der Waals surface area contributed by atoms with Crippen LogP contribution in [0.5, 0.6) is 0 Å². The first-order valence-corrected chi connectivity index (χ1v) is 7.62. The zero-order valence-corrected chi connectivity index (χ0v) is 11.5. The van der Waals surface area contributed by atoms with Crippen LogP contribution in [0.3, 0.4) is 0 Å². The molecule has 0 aromatic rings. The summed E-state index contributed by atoms with van der Waals surface area (Å²) in [5, 5.41) is 8.54. The van der Waals surface area contributed by atoms with Crippen LogP contribution in [0.2, 0.25) is 0 Å². The molecule has 5 nitrogen and oxygen atoms in total. The van der Waals surface area contributed by atoms with E-state index in [1.807, 2.05) is 0 Å². The van der Waals surface area contributed by atoms with Crippen molar-refractivity contribution in [2.75, 3.05) is 6.61 Å². The second-order valence-electron chi connectivity index (χ2n) is 4.00. The average molecular weight is 310 g/mol. The SMILES string of the molecule is CCCCCCCCCCCO.O=S(=O)(O)O.[KH]. The van der Waals surface area contributed by atoms with Crippen molar-refractivity contribution in [1.82, 2.24) is 0 Å².